The second-order valence-corrected chi connectivity index (χ2v) is 2.91. The molecule has 0 aliphatic rings. The molecule has 0 saturated heterocycles. The fourth-order valence-corrected chi connectivity index (χ4v) is 1.12. The standard InChI is InChI=1S/C11H11NO2/c12-10-5-3-4-9(8-10)11(14)6-1-2-7-13/h2-5,8H,1,6,12H2. The van der Waals surface area contributed by atoms with E-state index >= 15 is 0 Å². The van der Waals surface area contributed by atoms with E-state index in [1.165, 1.54) is 6.08 Å². The highest BCUT2D eigenvalue weighted by molar-refractivity contribution is 5.96. The first-order valence-electron chi connectivity index (χ1n) is 4.32. The van der Waals surface area contributed by atoms with E-state index in [0.29, 0.717) is 24.1 Å². The number of nitrogen functional groups attached to an aromatic ring is 1. The van der Waals surface area contributed by atoms with Gasteiger partial charge in [-0.1, -0.05) is 12.1 Å². The number of carbonyl (C=O) groups excluding carboxylic acids is 2. The highest BCUT2D eigenvalue weighted by atomic mass is 16.1. The topological polar surface area (TPSA) is 60.2 Å². The zero-order valence-corrected chi connectivity index (χ0v) is 7.69. The van der Waals surface area contributed by atoms with Gasteiger partial charge < -0.3 is 5.73 Å². The molecule has 1 rings (SSSR count). The van der Waals surface area contributed by atoms with Crippen LogP contribution in [-0.2, 0) is 4.79 Å². The molecule has 0 spiro atoms. The summed E-state index contributed by atoms with van der Waals surface area (Å²) in [7, 11) is 0. The van der Waals surface area contributed by atoms with E-state index in [-0.39, 0.29) is 5.78 Å². The average Bonchev–Trinajstić information content (AvgIpc) is 2.18. The van der Waals surface area contributed by atoms with Crippen LogP contribution in [0.5, 0.6) is 0 Å². The number of nitrogens with two attached hydrogens (primary N) is 1. The Bertz CT molecular complexity index is 379. The Balaban J connectivity index is 2.65. The summed E-state index contributed by atoms with van der Waals surface area (Å²) < 4.78 is 0. The fraction of sp³-hybridized carbons (Fsp3) is 0.182. The molecule has 0 aromatic heterocycles. The first-order valence-corrected chi connectivity index (χ1v) is 4.32. The highest BCUT2D eigenvalue weighted by Crippen LogP contribution is 2.09. The fourth-order valence-electron chi connectivity index (χ4n) is 1.12. The summed E-state index contributed by atoms with van der Waals surface area (Å²) in [5, 5.41) is 0. The van der Waals surface area contributed by atoms with Gasteiger partial charge in [-0.25, -0.2) is 4.79 Å². The van der Waals surface area contributed by atoms with Gasteiger partial charge in [0.15, 0.2) is 5.78 Å². The smallest absolute Gasteiger partial charge is 0.163 e. The Kier molecular flexibility index (Phi) is 3.65. The molecule has 2 N–H and O–H groups in total. The SMILES string of the molecule is Nc1cccc(C(=O)CCC=C=O)c1. The van der Waals surface area contributed by atoms with E-state index in [9.17, 15) is 9.59 Å². The van der Waals surface area contributed by atoms with Gasteiger partial charge in [-0.15, -0.1) is 0 Å². The second kappa shape index (κ2) is 5.00. The maximum Gasteiger partial charge on any atom is 0.163 e. The first kappa shape index (κ1) is 10.2. The third-order valence-electron chi connectivity index (χ3n) is 1.81. The van der Waals surface area contributed by atoms with E-state index in [0.717, 1.165) is 0 Å². The van der Waals surface area contributed by atoms with Crippen LogP contribution in [0.3, 0.4) is 0 Å². The van der Waals surface area contributed by atoms with Gasteiger partial charge >= 0.3 is 0 Å². The minimum absolute atomic E-state index is 0.0104. The van der Waals surface area contributed by atoms with Crippen LogP contribution in [0.2, 0.25) is 0 Å². The highest BCUT2D eigenvalue weighted by Gasteiger charge is 2.04. The number of anilines is 1. The summed E-state index contributed by atoms with van der Waals surface area (Å²) in [5.74, 6) is 1.62. The van der Waals surface area contributed by atoms with Crippen LogP contribution in [0.25, 0.3) is 0 Å². The van der Waals surface area contributed by atoms with Gasteiger partial charge in [-0.3, -0.25) is 4.79 Å². The molecule has 0 radical (unpaired) electrons. The van der Waals surface area contributed by atoms with Crippen LogP contribution in [0.4, 0.5) is 5.69 Å². The van der Waals surface area contributed by atoms with E-state index in [1.54, 1.807) is 30.2 Å². The Morgan fingerprint density at radius 3 is 2.93 bits per heavy atom. The predicted molar refractivity (Wildman–Crippen MR) is 54.7 cm³/mol. The Hall–Kier alpha value is -1.86. The van der Waals surface area contributed by atoms with E-state index in [4.69, 9.17) is 5.73 Å². The second-order valence-electron chi connectivity index (χ2n) is 2.91. The summed E-state index contributed by atoms with van der Waals surface area (Å²) in [4.78, 5) is 21.3. The van der Waals surface area contributed by atoms with Gasteiger partial charge in [-0.05, 0) is 18.6 Å². The molecule has 0 unspecified atom stereocenters. The molecule has 3 nitrogen and oxygen atoms in total. The predicted octanol–water partition coefficient (Wildman–Crippen LogP) is 1.62. The molecule has 3 heteroatoms. The van der Waals surface area contributed by atoms with Crippen LogP contribution in [0.1, 0.15) is 23.2 Å². The van der Waals surface area contributed by atoms with Crippen LogP contribution < -0.4 is 5.73 Å². The lowest BCUT2D eigenvalue weighted by Gasteiger charge is -1.99. The third-order valence-corrected chi connectivity index (χ3v) is 1.81. The van der Waals surface area contributed by atoms with E-state index < -0.39 is 0 Å². The summed E-state index contributed by atoms with van der Waals surface area (Å²) in [5.41, 5.74) is 6.69. The summed E-state index contributed by atoms with van der Waals surface area (Å²) >= 11 is 0. The van der Waals surface area contributed by atoms with Crippen molar-refractivity contribution in [2.75, 3.05) is 5.73 Å². The largest absolute Gasteiger partial charge is 0.399 e. The lowest BCUT2D eigenvalue weighted by Crippen LogP contribution is -1.99. The van der Waals surface area contributed by atoms with Gasteiger partial charge in [0.05, 0.1) is 0 Å². The van der Waals surface area contributed by atoms with Gasteiger partial charge in [-0.2, -0.15) is 0 Å². The Labute approximate surface area is 82.2 Å². The minimum Gasteiger partial charge on any atom is -0.399 e. The molecular weight excluding hydrogens is 178 g/mol. The van der Waals surface area contributed by atoms with Crippen molar-refractivity contribution in [3.05, 3.63) is 35.9 Å². The van der Waals surface area contributed by atoms with Crippen LogP contribution in [0, 0.1) is 0 Å². The molecule has 72 valence electrons. The average molecular weight is 189 g/mol. The van der Waals surface area contributed by atoms with E-state index in [2.05, 4.69) is 0 Å². The molecule has 1 aromatic rings. The number of Topliss-reactive ketones (excluding diaryl/α,β-unsaturated/α-hetero) is 1. The molecule has 0 amide bonds. The molecular formula is C11H11NO2. The Morgan fingerprint density at radius 1 is 1.50 bits per heavy atom. The molecule has 0 saturated carbocycles. The van der Waals surface area contributed by atoms with Crippen LogP contribution >= 0.6 is 0 Å². The Morgan fingerprint density at radius 2 is 2.29 bits per heavy atom. The van der Waals surface area contributed by atoms with Crippen molar-refractivity contribution in [1.29, 1.82) is 0 Å². The van der Waals surface area contributed by atoms with Crippen molar-refractivity contribution < 1.29 is 9.59 Å². The molecule has 0 atom stereocenters. The number of hydrogen-bond donors (Lipinski definition) is 1. The monoisotopic (exact) mass is 189 g/mol. The van der Waals surface area contributed by atoms with Crippen molar-refractivity contribution >= 4 is 17.4 Å². The number of ketones is 1. The molecule has 0 aliphatic heterocycles. The molecule has 0 heterocycles. The zero-order valence-electron chi connectivity index (χ0n) is 7.69. The zero-order chi connectivity index (χ0) is 10.4. The molecule has 1 aromatic carbocycles. The maximum absolute atomic E-state index is 11.5. The van der Waals surface area contributed by atoms with Crippen molar-refractivity contribution in [2.24, 2.45) is 0 Å². The number of benzene rings is 1. The number of hydrogen-bond acceptors (Lipinski definition) is 3. The first-order chi connectivity index (χ1) is 6.74. The van der Waals surface area contributed by atoms with Crippen molar-refractivity contribution in [3.8, 4) is 0 Å². The van der Waals surface area contributed by atoms with Crippen molar-refractivity contribution in [1.82, 2.24) is 0 Å². The van der Waals surface area contributed by atoms with Crippen molar-refractivity contribution in [2.45, 2.75) is 12.8 Å². The number of rotatable bonds is 4. The molecule has 0 bridgehead atoms. The quantitative estimate of drug-likeness (QED) is 0.444. The molecule has 14 heavy (non-hydrogen) atoms. The minimum atomic E-state index is -0.0104. The van der Waals surface area contributed by atoms with Gasteiger partial charge in [0.2, 0.25) is 0 Å². The third kappa shape index (κ3) is 2.88. The van der Waals surface area contributed by atoms with Gasteiger partial charge in [0, 0.05) is 23.7 Å². The molecule has 0 fully saturated rings. The van der Waals surface area contributed by atoms with Gasteiger partial charge in [0.25, 0.3) is 0 Å². The van der Waals surface area contributed by atoms with Crippen molar-refractivity contribution in [3.63, 3.8) is 0 Å². The molecule has 0 aliphatic carbocycles. The summed E-state index contributed by atoms with van der Waals surface area (Å²) in [6.45, 7) is 0. The number of allylic oxidation sites excluding steroid dienone is 1. The van der Waals surface area contributed by atoms with Crippen LogP contribution in [0.15, 0.2) is 30.3 Å². The summed E-state index contributed by atoms with van der Waals surface area (Å²) in [6.07, 6.45) is 2.06. The summed E-state index contributed by atoms with van der Waals surface area (Å²) in [6, 6.07) is 6.80. The maximum atomic E-state index is 11.5. The lowest BCUT2D eigenvalue weighted by molar-refractivity contribution is 0.0984. The number of carbonyl (C=O) groups is 1. The van der Waals surface area contributed by atoms with Crippen LogP contribution in [-0.4, -0.2) is 11.7 Å². The normalized spacial score (nSPS) is 9.14. The van der Waals surface area contributed by atoms with Gasteiger partial charge in [0.1, 0.15) is 5.94 Å². The lowest BCUT2D eigenvalue weighted by atomic mass is 10.1. The van der Waals surface area contributed by atoms with E-state index in [1.807, 2.05) is 0 Å².